The molecule has 118 valence electrons. The van der Waals surface area contributed by atoms with Crippen molar-refractivity contribution in [2.24, 2.45) is 11.1 Å². The largest absolute Gasteiger partial charge is 0.379 e. The van der Waals surface area contributed by atoms with Crippen molar-refractivity contribution in [2.45, 2.75) is 31.3 Å². The van der Waals surface area contributed by atoms with Gasteiger partial charge in [0.2, 0.25) is 0 Å². The number of nitrogens with zero attached hydrogens (tertiary/aromatic N) is 1. The second-order valence-electron chi connectivity index (χ2n) is 6.96. The highest BCUT2D eigenvalue weighted by atomic mass is 16.5. The van der Waals surface area contributed by atoms with Gasteiger partial charge in [-0.25, -0.2) is 4.79 Å². The van der Waals surface area contributed by atoms with Crippen molar-refractivity contribution in [3.05, 3.63) is 35.4 Å². The lowest BCUT2D eigenvalue weighted by molar-refractivity contribution is 0.115. The number of hydrogen-bond acceptors (Lipinski definition) is 3. The van der Waals surface area contributed by atoms with Crippen LogP contribution in [0.2, 0.25) is 0 Å². The molecule has 1 aromatic rings. The molecule has 4 rings (SSSR count). The predicted octanol–water partition coefficient (Wildman–Crippen LogP) is 1.43. The van der Waals surface area contributed by atoms with Gasteiger partial charge in [-0.1, -0.05) is 24.3 Å². The topological polar surface area (TPSA) is 67.6 Å². The van der Waals surface area contributed by atoms with Crippen LogP contribution in [0.1, 0.15) is 30.0 Å². The van der Waals surface area contributed by atoms with Crippen LogP contribution in [0.3, 0.4) is 0 Å². The first-order valence-corrected chi connectivity index (χ1v) is 8.13. The molecule has 2 aliphatic carbocycles. The number of carbonyl (C=O) groups excluding carboxylic acids is 1. The summed E-state index contributed by atoms with van der Waals surface area (Å²) in [5.74, 6) is 0. The number of urea groups is 1. The normalized spacial score (nSPS) is 29.0. The molecule has 1 aromatic carbocycles. The molecule has 2 atom stereocenters. The molecule has 0 unspecified atom stereocenters. The molecule has 3 N–H and O–H groups in total. The van der Waals surface area contributed by atoms with Gasteiger partial charge in [0, 0.05) is 18.5 Å². The van der Waals surface area contributed by atoms with Gasteiger partial charge in [0.25, 0.3) is 0 Å². The number of rotatable bonds is 1. The zero-order valence-electron chi connectivity index (χ0n) is 12.8. The zero-order chi connectivity index (χ0) is 15.2. The fraction of sp³-hybridized carbons (Fsp3) is 0.588. The Labute approximate surface area is 130 Å². The first-order valence-electron chi connectivity index (χ1n) is 8.13. The highest BCUT2D eigenvalue weighted by molar-refractivity contribution is 5.75. The van der Waals surface area contributed by atoms with Crippen molar-refractivity contribution in [2.75, 3.05) is 26.3 Å². The third-order valence-corrected chi connectivity index (χ3v) is 5.28. The second-order valence-corrected chi connectivity index (χ2v) is 6.96. The molecular formula is C17H23N3O2. The quantitative estimate of drug-likeness (QED) is 0.824. The summed E-state index contributed by atoms with van der Waals surface area (Å²) >= 11 is 0. The minimum atomic E-state index is -0.113. The van der Waals surface area contributed by atoms with Crippen LogP contribution in [0, 0.1) is 5.41 Å². The van der Waals surface area contributed by atoms with E-state index in [0.29, 0.717) is 13.2 Å². The van der Waals surface area contributed by atoms with Gasteiger partial charge in [-0.3, -0.25) is 0 Å². The number of fused-ring (bicyclic) bond motifs is 1. The molecule has 22 heavy (non-hydrogen) atoms. The summed E-state index contributed by atoms with van der Waals surface area (Å²) in [5.41, 5.74) is 8.94. The summed E-state index contributed by atoms with van der Waals surface area (Å²) in [4.78, 5) is 14.5. The monoisotopic (exact) mass is 301 g/mol. The van der Waals surface area contributed by atoms with Crippen molar-refractivity contribution in [3.63, 3.8) is 0 Å². The minimum absolute atomic E-state index is 0.00466. The van der Waals surface area contributed by atoms with E-state index in [1.165, 1.54) is 18.4 Å². The Balaban J connectivity index is 1.42. The molecule has 1 saturated carbocycles. The number of benzene rings is 1. The molecule has 5 nitrogen and oxygen atoms in total. The lowest BCUT2D eigenvalue weighted by atomic mass is 10.1. The highest BCUT2D eigenvalue weighted by Crippen LogP contribution is 2.47. The Morgan fingerprint density at radius 3 is 2.95 bits per heavy atom. The molecule has 5 heteroatoms. The first-order chi connectivity index (χ1) is 10.7. The van der Waals surface area contributed by atoms with Gasteiger partial charge in [-0.15, -0.1) is 0 Å². The molecule has 0 radical (unpaired) electrons. The van der Waals surface area contributed by atoms with Gasteiger partial charge in [-0.05, 0) is 30.4 Å². The summed E-state index contributed by atoms with van der Waals surface area (Å²) in [6.07, 6.45) is 3.16. The van der Waals surface area contributed by atoms with E-state index in [9.17, 15) is 4.79 Å². The Morgan fingerprint density at radius 2 is 2.18 bits per heavy atom. The smallest absolute Gasteiger partial charge is 0.317 e. The zero-order valence-corrected chi connectivity index (χ0v) is 12.8. The van der Waals surface area contributed by atoms with Crippen molar-refractivity contribution in [1.29, 1.82) is 0 Å². The number of ether oxygens (including phenoxy) is 1. The maximum atomic E-state index is 12.6. The van der Waals surface area contributed by atoms with Crippen LogP contribution in [0.4, 0.5) is 4.79 Å². The van der Waals surface area contributed by atoms with E-state index in [4.69, 9.17) is 10.5 Å². The van der Waals surface area contributed by atoms with Crippen molar-refractivity contribution >= 4 is 6.03 Å². The summed E-state index contributed by atoms with van der Waals surface area (Å²) in [5, 5.41) is 3.15. The maximum absolute atomic E-state index is 12.6. The summed E-state index contributed by atoms with van der Waals surface area (Å²) in [6.45, 7) is 2.91. The van der Waals surface area contributed by atoms with Crippen molar-refractivity contribution < 1.29 is 9.53 Å². The van der Waals surface area contributed by atoms with Gasteiger partial charge >= 0.3 is 6.03 Å². The number of hydrogen-bond donors (Lipinski definition) is 2. The average Bonchev–Trinajstić information content (AvgIpc) is 3.27. The molecular weight excluding hydrogens is 278 g/mol. The first kappa shape index (κ1) is 14.0. The molecule has 1 aliphatic heterocycles. The van der Waals surface area contributed by atoms with Crippen molar-refractivity contribution in [1.82, 2.24) is 10.2 Å². The SMILES string of the molecule is N[C@@H]1c2ccccc2C[C@H]1NC(=O)N1CCOCC2(CC2)C1. The van der Waals surface area contributed by atoms with E-state index in [1.807, 2.05) is 17.0 Å². The van der Waals surface area contributed by atoms with Gasteiger partial charge in [0.05, 0.1) is 25.3 Å². The highest BCUT2D eigenvalue weighted by Gasteiger charge is 2.46. The molecule has 2 amide bonds. The molecule has 0 bridgehead atoms. The van der Waals surface area contributed by atoms with Crippen LogP contribution >= 0.6 is 0 Å². The van der Waals surface area contributed by atoms with Crippen LogP contribution in [0.25, 0.3) is 0 Å². The average molecular weight is 301 g/mol. The Kier molecular flexibility index (Phi) is 3.35. The molecule has 0 aromatic heterocycles. The summed E-state index contributed by atoms with van der Waals surface area (Å²) < 4.78 is 5.65. The van der Waals surface area contributed by atoms with Crippen LogP contribution in [-0.2, 0) is 11.2 Å². The molecule has 1 spiro atoms. The predicted molar refractivity (Wildman–Crippen MR) is 83.5 cm³/mol. The van der Waals surface area contributed by atoms with Gasteiger partial charge < -0.3 is 20.7 Å². The number of amides is 2. The van der Waals surface area contributed by atoms with Crippen LogP contribution in [0.5, 0.6) is 0 Å². The van der Waals surface area contributed by atoms with Gasteiger partial charge in [0.1, 0.15) is 0 Å². The fourth-order valence-electron chi connectivity index (χ4n) is 3.66. The standard InChI is InChI=1S/C17H23N3O2/c18-15-13-4-2-1-3-12(13)9-14(15)19-16(21)20-7-8-22-11-17(10-20)5-6-17/h1-4,14-15H,5-11,18H2,(H,19,21)/t14-,15-/m1/s1. The van der Waals surface area contributed by atoms with Crippen LogP contribution < -0.4 is 11.1 Å². The second kappa shape index (κ2) is 5.25. The minimum Gasteiger partial charge on any atom is -0.379 e. The van der Waals surface area contributed by atoms with E-state index in [-0.39, 0.29) is 23.5 Å². The maximum Gasteiger partial charge on any atom is 0.317 e. The van der Waals surface area contributed by atoms with E-state index < -0.39 is 0 Å². The molecule has 2 fully saturated rings. The van der Waals surface area contributed by atoms with Gasteiger partial charge in [0.15, 0.2) is 0 Å². The van der Waals surface area contributed by atoms with E-state index in [2.05, 4.69) is 17.4 Å². The summed E-state index contributed by atoms with van der Waals surface area (Å²) in [6, 6.07) is 8.07. The number of carbonyl (C=O) groups is 1. The number of nitrogens with one attached hydrogen (secondary N) is 1. The molecule has 3 aliphatic rings. The summed E-state index contributed by atoms with van der Waals surface area (Å²) in [7, 11) is 0. The Hall–Kier alpha value is -1.59. The number of nitrogens with two attached hydrogens (primary N) is 1. The van der Waals surface area contributed by atoms with E-state index >= 15 is 0 Å². The lowest BCUT2D eigenvalue weighted by Gasteiger charge is -2.27. The third kappa shape index (κ3) is 2.48. The van der Waals surface area contributed by atoms with Crippen LogP contribution in [0.15, 0.2) is 24.3 Å². The van der Waals surface area contributed by atoms with Crippen LogP contribution in [-0.4, -0.2) is 43.3 Å². The lowest BCUT2D eigenvalue weighted by Crippen LogP contribution is -2.49. The van der Waals surface area contributed by atoms with E-state index in [1.54, 1.807) is 0 Å². The third-order valence-electron chi connectivity index (χ3n) is 5.28. The fourth-order valence-corrected chi connectivity index (χ4v) is 3.66. The molecule has 1 heterocycles. The Morgan fingerprint density at radius 1 is 1.36 bits per heavy atom. The van der Waals surface area contributed by atoms with Gasteiger partial charge in [-0.2, -0.15) is 0 Å². The molecule has 1 saturated heterocycles. The Bertz CT molecular complexity index is 585. The van der Waals surface area contributed by atoms with E-state index in [0.717, 1.165) is 25.1 Å². The van der Waals surface area contributed by atoms with Crippen molar-refractivity contribution in [3.8, 4) is 0 Å².